The van der Waals surface area contributed by atoms with Gasteiger partial charge in [0.1, 0.15) is 0 Å². The van der Waals surface area contributed by atoms with Gasteiger partial charge in [0.25, 0.3) is 5.16 Å². The molecule has 0 fully saturated rings. The van der Waals surface area contributed by atoms with Gasteiger partial charge in [-0.3, -0.25) is 9.59 Å². The van der Waals surface area contributed by atoms with Crippen molar-refractivity contribution in [3.8, 4) is 0 Å². The van der Waals surface area contributed by atoms with E-state index in [0.29, 0.717) is 22.9 Å². The average molecular weight is 530 g/mol. The van der Waals surface area contributed by atoms with Crippen LogP contribution in [0.3, 0.4) is 0 Å². The smallest absolute Gasteiger partial charge is 0.288 e. The lowest BCUT2D eigenvalue weighted by Crippen LogP contribution is -2.52. The molecule has 0 aliphatic rings. The van der Waals surface area contributed by atoms with Gasteiger partial charge in [-0.2, -0.15) is 0 Å². The van der Waals surface area contributed by atoms with Gasteiger partial charge in [0, 0.05) is 17.0 Å². The van der Waals surface area contributed by atoms with Crippen molar-refractivity contribution in [1.29, 1.82) is 0 Å². The second kappa shape index (κ2) is 11.1. The summed E-state index contributed by atoms with van der Waals surface area (Å²) in [5.41, 5.74) is 6.15. The molecular weight excluding hydrogens is 487 g/mol. The molecule has 0 N–H and O–H groups in total. The van der Waals surface area contributed by atoms with Crippen LogP contribution in [0.4, 0.5) is 0 Å². The Bertz CT molecular complexity index is 1280. The summed E-state index contributed by atoms with van der Waals surface area (Å²) in [5.74, 6) is -1.15. The van der Waals surface area contributed by atoms with E-state index in [1.54, 1.807) is 12.1 Å². The maximum absolute atomic E-state index is 15.1. The van der Waals surface area contributed by atoms with Crippen LogP contribution < -0.4 is 5.30 Å². The van der Waals surface area contributed by atoms with Crippen molar-refractivity contribution in [1.82, 2.24) is 0 Å². The summed E-state index contributed by atoms with van der Waals surface area (Å²) in [4.78, 5) is 30.1. The minimum atomic E-state index is -2.46. The first-order valence-electron chi connectivity index (χ1n) is 13.4. The van der Waals surface area contributed by atoms with E-state index in [0.717, 1.165) is 33.4 Å². The fraction of sp³-hybridized carbons (Fsp3) is 0.412. The number of hydrogen-bond donors (Lipinski definition) is 0. The zero-order valence-corrected chi connectivity index (χ0v) is 25.5. The zero-order chi connectivity index (χ0) is 28.6. The fourth-order valence-corrected chi connectivity index (χ4v) is 8.16. The zero-order valence-electron chi connectivity index (χ0n) is 24.7. The summed E-state index contributed by atoms with van der Waals surface area (Å²) < 4.78 is 14.9. The van der Waals surface area contributed by atoms with Crippen LogP contribution >= 0.6 is 7.80 Å². The molecule has 0 aromatic heterocycles. The van der Waals surface area contributed by atoms with Crippen molar-refractivity contribution in [2.24, 2.45) is 11.3 Å². The van der Waals surface area contributed by atoms with Crippen molar-refractivity contribution in [2.75, 3.05) is 0 Å². The van der Waals surface area contributed by atoms with Crippen LogP contribution in [-0.2, 0) is 4.57 Å². The number of hydrogen-bond acceptors (Lipinski definition) is 3. The van der Waals surface area contributed by atoms with Gasteiger partial charge >= 0.3 is 7.80 Å². The second-order valence-corrected chi connectivity index (χ2v) is 14.1. The minimum Gasteiger partial charge on any atom is -0.288 e. The Hall–Kier alpha value is -2.90. The Labute approximate surface area is 229 Å². The molecule has 3 nitrogen and oxygen atoms in total. The Morgan fingerprint density at radius 2 is 1.08 bits per heavy atom. The molecular formula is C34H42O3P+. The SMILES string of the molecule is Cc1cc(C)c(C(=O)C(C(=O)c2c(C)cc(C)cc2C)(C(C)CC(C)(C)C)[P+](=O)c2ccccc2)c(C)c1. The van der Waals surface area contributed by atoms with Crippen molar-refractivity contribution in [2.45, 2.75) is 80.8 Å². The fourth-order valence-electron chi connectivity index (χ4n) is 6.23. The van der Waals surface area contributed by atoms with Gasteiger partial charge in [-0.15, -0.1) is 0 Å². The first kappa shape index (κ1) is 29.7. The lowest BCUT2D eigenvalue weighted by atomic mass is 9.71. The lowest BCUT2D eigenvalue weighted by Gasteiger charge is -2.33. The summed E-state index contributed by atoms with van der Waals surface area (Å²) in [6, 6.07) is 17.0. The second-order valence-electron chi connectivity index (χ2n) is 12.3. The van der Waals surface area contributed by atoms with Crippen LogP contribution in [0.1, 0.15) is 88.2 Å². The van der Waals surface area contributed by atoms with E-state index in [4.69, 9.17) is 0 Å². The molecule has 38 heavy (non-hydrogen) atoms. The van der Waals surface area contributed by atoms with Gasteiger partial charge in [-0.25, -0.2) is 0 Å². The predicted octanol–water partition coefficient (Wildman–Crippen LogP) is 8.57. The maximum Gasteiger partial charge on any atom is 0.400 e. The Morgan fingerprint density at radius 3 is 1.42 bits per heavy atom. The lowest BCUT2D eigenvalue weighted by molar-refractivity contribution is 0.0768. The highest BCUT2D eigenvalue weighted by Gasteiger charge is 2.67. The Balaban J connectivity index is 2.49. The van der Waals surface area contributed by atoms with Gasteiger partial charge in [0.2, 0.25) is 11.6 Å². The predicted molar refractivity (Wildman–Crippen MR) is 160 cm³/mol. The quantitative estimate of drug-likeness (QED) is 0.167. The third kappa shape index (κ3) is 5.59. The summed E-state index contributed by atoms with van der Waals surface area (Å²) in [7, 11) is -2.46. The molecule has 3 rings (SSSR count). The molecule has 0 saturated carbocycles. The molecule has 0 aliphatic heterocycles. The van der Waals surface area contributed by atoms with E-state index in [9.17, 15) is 4.57 Å². The molecule has 200 valence electrons. The number of carbonyl (C=O) groups is 2. The highest BCUT2D eigenvalue weighted by molar-refractivity contribution is 7.57. The van der Waals surface area contributed by atoms with E-state index in [2.05, 4.69) is 20.8 Å². The Kier molecular flexibility index (Phi) is 8.64. The molecule has 3 aromatic carbocycles. The van der Waals surface area contributed by atoms with Gasteiger partial charge in [-0.05, 0) is 87.8 Å². The molecule has 0 heterocycles. The van der Waals surface area contributed by atoms with Crippen LogP contribution in [0.2, 0.25) is 0 Å². The monoisotopic (exact) mass is 529 g/mol. The minimum absolute atomic E-state index is 0.188. The van der Waals surface area contributed by atoms with Crippen LogP contribution in [0.15, 0.2) is 54.6 Å². The van der Waals surface area contributed by atoms with Crippen LogP contribution in [0.25, 0.3) is 0 Å². The number of Topliss-reactive ketones (excluding diaryl/α,β-unsaturated/α-hetero) is 2. The number of ketones is 2. The van der Waals surface area contributed by atoms with E-state index in [1.165, 1.54) is 0 Å². The maximum atomic E-state index is 15.1. The van der Waals surface area contributed by atoms with Gasteiger partial charge in [0.05, 0.1) is 0 Å². The standard InChI is InChI=1S/C34H42O3P/c1-21-16-23(3)29(24(4)17-21)31(35)34(27(7)20-33(8,9)10,38(37)28-14-12-11-13-15-28)32(36)30-25(5)18-22(2)19-26(30)6/h11-19,27H,20H2,1-10H3/q+1. The number of aryl methyl sites for hydroxylation is 6. The van der Waals surface area contributed by atoms with Crippen LogP contribution in [0.5, 0.6) is 0 Å². The topological polar surface area (TPSA) is 51.2 Å². The first-order valence-corrected chi connectivity index (χ1v) is 14.6. The summed E-state index contributed by atoms with van der Waals surface area (Å²) >= 11 is 0. The van der Waals surface area contributed by atoms with E-state index in [1.807, 2.05) is 90.9 Å². The van der Waals surface area contributed by atoms with Crippen LogP contribution in [0, 0.1) is 52.9 Å². The van der Waals surface area contributed by atoms with Gasteiger partial charge < -0.3 is 0 Å². The van der Waals surface area contributed by atoms with E-state index >= 15 is 9.59 Å². The highest BCUT2D eigenvalue weighted by Crippen LogP contribution is 2.52. The molecule has 0 radical (unpaired) electrons. The molecule has 0 spiro atoms. The summed E-state index contributed by atoms with van der Waals surface area (Å²) in [6.45, 7) is 19.9. The number of carbonyl (C=O) groups excluding carboxylic acids is 2. The third-order valence-electron chi connectivity index (χ3n) is 7.44. The molecule has 0 amide bonds. The van der Waals surface area contributed by atoms with E-state index in [-0.39, 0.29) is 17.0 Å². The average Bonchev–Trinajstić information content (AvgIpc) is 2.77. The van der Waals surface area contributed by atoms with Crippen molar-refractivity contribution in [3.63, 3.8) is 0 Å². The van der Waals surface area contributed by atoms with Crippen LogP contribution in [-0.4, -0.2) is 16.7 Å². The molecule has 0 bridgehead atoms. The van der Waals surface area contributed by atoms with Crippen molar-refractivity contribution >= 4 is 24.7 Å². The molecule has 0 aliphatic carbocycles. The van der Waals surface area contributed by atoms with Crippen molar-refractivity contribution < 1.29 is 14.2 Å². The van der Waals surface area contributed by atoms with Crippen molar-refractivity contribution in [3.05, 3.63) is 99.1 Å². The first-order chi connectivity index (χ1) is 17.6. The molecule has 2 atom stereocenters. The normalized spacial score (nSPS) is 13.3. The molecule has 3 aromatic rings. The third-order valence-corrected chi connectivity index (χ3v) is 9.70. The molecule has 4 heteroatoms. The number of rotatable bonds is 8. The van der Waals surface area contributed by atoms with Gasteiger partial charge in [0.15, 0.2) is 5.30 Å². The Morgan fingerprint density at radius 1 is 0.711 bits per heavy atom. The van der Waals surface area contributed by atoms with E-state index < -0.39 is 18.9 Å². The molecule has 2 unspecified atom stereocenters. The largest absolute Gasteiger partial charge is 0.400 e. The van der Waals surface area contributed by atoms with Gasteiger partial charge in [-0.1, -0.05) is 85.9 Å². The number of benzene rings is 3. The summed E-state index contributed by atoms with van der Waals surface area (Å²) in [5, 5.41) is -1.24. The highest BCUT2D eigenvalue weighted by atomic mass is 31.1. The summed E-state index contributed by atoms with van der Waals surface area (Å²) in [6.07, 6.45) is 0.562. The molecule has 0 saturated heterocycles.